The Morgan fingerprint density at radius 1 is 1.09 bits per heavy atom. The second-order valence-corrected chi connectivity index (χ2v) is 10.4. The molecular weight excluding hydrogens is 463 g/mol. The lowest BCUT2D eigenvalue weighted by Crippen LogP contribution is -2.46. The number of hydrogen-bond donors (Lipinski definition) is 1. The number of carbonyl (C=O) groups is 2. The van der Waals surface area contributed by atoms with E-state index in [2.05, 4.69) is 10.2 Å². The number of benzene rings is 1. The topological polar surface area (TPSA) is 65.1 Å². The Balaban J connectivity index is 1.30. The Bertz CT molecular complexity index is 854. The molecule has 1 aromatic rings. The highest BCUT2D eigenvalue weighted by molar-refractivity contribution is 6.42. The zero-order valence-corrected chi connectivity index (χ0v) is 20.8. The number of carbonyl (C=O) groups excluding carboxylic acids is 2. The maximum Gasteiger partial charge on any atom is 0.321 e. The molecule has 1 saturated carbocycles. The average Bonchev–Trinajstić information content (AvgIpc) is 3.58. The van der Waals surface area contributed by atoms with Crippen molar-refractivity contribution in [3.05, 3.63) is 28.2 Å². The van der Waals surface area contributed by atoms with Gasteiger partial charge in [-0.25, -0.2) is 4.79 Å². The van der Waals surface area contributed by atoms with Gasteiger partial charge < -0.3 is 24.8 Å². The highest BCUT2D eigenvalue weighted by atomic mass is 35.5. The van der Waals surface area contributed by atoms with Crippen LogP contribution in [-0.4, -0.2) is 85.7 Å². The Kier molecular flexibility index (Phi) is 8.05. The number of methoxy groups -OCH3 is 1. The molecule has 3 amide bonds. The zero-order valence-electron chi connectivity index (χ0n) is 19.3. The van der Waals surface area contributed by atoms with Crippen molar-refractivity contribution in [3.8, 4) is 0 Å². The van der Waals surface area contributed by atoms with E-state index in [0.717, 1.165) is 26.1 Å². The summed E-state index contributed by atoms with van der Waals surface area (Å²) in [6, 6.07) is 4.76. The summed E-state index contributed by atoms with van der Waals surface area (Å²) in [5.41, 5.74) is 1.25. The molecule has 1 aromatic carbocycles. The van der Waals surface area contributed by atoms with E-state index in [0.29, 0.717) is 53.8 Å². The van der Waals surface area contributed by atoms with E-state index < -0.39 is 0 Å². The molecule has 2 saturated heterocycles. The lowest BCUT2D eigenvalue weighted by atomic mass is 9.93. The number of ether oxygens (including phenoxy) is 1. The van der Waals surface area contributed by atoms with Gasteiger partial charge in [-0.05, 0) is 68.8 Å². The first-order chi connectivity index (χ1) is 15.9. The fourth-order valence-corrected chi connectivity index (χ4v) is 5.28. The molecule has 9 heteroatoms. The summed E-state index contributed by atoms with van der Waals surface area (Å²) in [7, 11) is 1.68. The van der Waals surface area contributed by atoms with Gasteiger partial charge in [0.25, 0.3) is 0 Å². The van der Waals surface area contributed by atoms with Gasteiger partial charge in [-0.1, -0.05) is 23.2 Å². The van der Waals surface area contributed by atoms with Crippen LogP contribution in [0.5, 0.6) is 0 Å². The summed E-state index contributed by atoms with van der Waals surface area (Å²) in [6.45, 7) is 5.19. The van der Waals surface area contributed by atoms with E-state index in [1.54, 1.807) is 30.2 Å². The molecule has 0 unspecified atom stereocenters. The molecule has 4 rings (SSSR count). The van der Waals surface area contributed by atoms with E-state index in [-0.39, 0.29) is 18.0 Å². The highest BCUT2D eigenvalue weighted by Crippen LogP contribution is 2.53. The minimum Gasteiger partial charge on any atom is -0.383 e. The summed E-state index contributed by atoms with van der Waals surface area (Å²) in [6.07, 6.45) is 6.64. The fourth-order valence-electron chi connectivity index (χ4n) is 4.99. The number of amides is 3. The number of likely N-dealkylation sites (tertiary alicyclic amines) is 1. The van der Waals surface area contributed by atoms with Crippen LogP contribution < -0.4 is 5.32 Å². The van der Waals surface area contributed by atoms with Crippen molar-refractivity contribution in [1.82, 2.24) is 14.7 Å². The molecule has 0 aromatic heterocycles. The first-order valence-electron chi connectivity index (χ1n) is 11.9. The van der Waals surface area contributed by atoms with Crippen molar-refractivity contribution in [3.63, 3.8) is 0 Å². The predicted octanol–water partition coefficient (Wildman–Crippen LogP) is 4.34. The van der Waals surface area contributed by atoms with Crippen LogP contribution in [0.1, 0.15) is 38.5 Å². The SMILES string of the molecule is COC[C@H](CCN1CCC2(CC1)CC2)N1CCN(C(=O)Nc2ccc(Cl)c(Cl)c2)CCC1=O. The number of halogens is 2. The van der Waals surface area contributed by atoms with Crippen LogP contribution >= 0.6 is 23.2 Å². The second-order valence-electron chi connectivity index (χ2n) is 9.62. The quantitative estimate of drug-likeness (QED) is 0.609. The minimum absolute atomic E-state index is 0.0254. The van der Waals surface area contributed by atoms with Crippen LogP contribution in [0.15, 0.2) is 18.2 Å². The molecule has 2 aliphatic heterocycles. The van der Waals surface area contributed by atoms with Crippen LogP contribution in [0, 0.1) is 5.41 Å². The van der Waals surface area contributed by atoms with Gasteiger partial charge in [-0.2, -0.15) is 0 Å². The van der Waals surface area contributed by atoms with E-state index in [4.69, 9.17) is 27.9 Å². The summed E-state index contributed by atoms with van der Waals surface area (Å²) >= 11 is 12.0. The molecule has 2 heterocycles. The Morgan fingerprint density at radius 3 is 2.52 bits per heavy atom. The van der Waals surface area contributed by atoms with E-state index in [1.165, 1.54) is 25.7 Å². The van der Waals surface area contributed by atoms with Crippen molar-refractivity contribution in [2.75, 3.05) is 58.3 Å². The van der Waals surface area contributed by atoms with Crippen molar-refractivity contribution < 1.29 is 14.3 Å². The third kappa shape index (κ3) is 6.32. The molecule has 33 heavy (non-hydrogen) atoms. The van der Waals surface area contributed by atoms with Gasteiger partial charge in [0.2, 0.25) is 5.91 Å². The Labute approximate surface area is 206 Å². The predicted molar refractivity (Wildman–Crippen MR) is 131 cm³/mol. The summed E-state index contributed by atoms with van der Waals surface area (Å²) in [5.74, 6) is 0.0810. The lowest BCUT2D eigenvalue weighted by molar-refractivity contribution is -0.134. The van der Waals surface area contributed by atoms with Crippen molar-refractivity contribution in [1.29, 1.82) is 0 Å². The van der Waals surface area contributed by atoms with Crippen LogP contribution in [0.4, 0.5) is 10.5 Å². The number of anilines is 1. The van der Waals surface area contributed by atoms with E-state index in [9.17, 15) is 9.59 Å². The second kappa shape index (κ2) is 10.8. The van der Waals surface area contributed by atoms with Gasteiger partial charge in [0, 0.05) is 45.4 Å². The number of urea groups is 1. The Morgan fingerprint density at radius 2 is 1.85 bits per heavy atom. The van der Waals surface area contributed by atoms with Gasteiger partial charge in [-0.15, -0.1) is 0 Å². The molecule has 0 bridgehead atoms. The normalized spacial score (nSPS) is 21.7. The molecule has 3 fully saturated rings. The zero-order chi connectivity index (χ0) is 23.4. The molecule has 1 atom stereocenters. The molecule has 182 valence electrons. The van der Waals surface area contributed by atoms with Crippen LogP contribution in [0.3, 0.4) is 0 Å². The summed E-state index contributed by atoms with van der Waals surface area (Å²) in [5, 5.41) is 3.67. The first kappa shape index (κ1) is 24.6. The number of nitrogens with one attached hydrogen (secondary N) is 1. The van der Waals surface area contributed by atoms with Gasteiger partial charge in [0.15, 0.2) is 0 Å². The largest absolute Gasteiger partial charge is 0.383 e. The third-order valence-corrected chi connectivity index (χ3v) is 8.18. The molecule has 3 aliphatic rings. The lowest BCUT2D eigenvalue weighted by Gasteiger charge is -2.35. The number of nitrogens with zero attached hydrogens (tertiary/aromatic N) is 3. The van der Waals surface area contributed by atoms with Crippen molar-refractivity contribution in [2.24, 2.45) is 5.41 Å². The smallest absolute Gasteiger partial charge is 0.321 e. The molecule has 1 spiro atoms. The van der Waals surface area contributed by atoms with Crippen LogP contribution in [0.25, 0.3) is 0 Å². The number of rotatable bonds is 7. The third-order valence-electron chi connectivity index (χ3n) is 7.44. The van der Waals surface area contributed by atoms with E-state index in [1.807, 2.05) is 4.90 Å². The Hall–Kier alpha value is -1.54. The molecule has 1 aliphatic carbocycles. The summed E-state index contributed by atoms with van der Waals surface area (Å²) in [4.78, 5) is 31.9. The maximum absolute atomic E-state index is 12.9. The molecule has 1 N–H and O–H groups in total. The first-order valence-corrected chi connectivity index (χ1v) is 12.7. The van der Waals surface area contributed by atoms with E-state index >= 15 is 0 Å². The fraction of sp³-hybridized carbons (Fsp3) is 0.667. The highest BCUT2D eigenvalue weighted by Gasteiger charge is 2.44. The summed E-state index contributed by atoms with van der Waals surface area (Å²) < 4.78 is 5.47. The van der Waals surface area contributed by atoms with Crippen molar-refractivity contribution in [2.45, 2.75) is 44.6 Å². The molecule has 7 nitrogen and oxygen atoms in total. The number of piperidine rings is 1. The van der Waals surface area contributed by atoms with Gasteiger partial charge >= 0.3 is 6.03 Å². The van der Waals surface area contributed by atoms with Gasteiger partial charge in [0.05, 0.1) is 22.7 Å². The molecule has 0 radical (unpaired) electrons. The number of hydrogen-bond acceptors (Lipinski definition) is 4. The maximum atomic E-state index is 12.9. The van der Waals surface area contributed by atoms with Crippen LogP contribution in [0.2, 0.25) is 10.0 Å². The van der Waals surface area contributed by atoms with Gasteiger partial charge in [0.1, 0.15) is 0 Å². The average molecular weight is 497 g/mol. The minimum atomic E-state index is -0.242. The van der Waals surface area contributed by atoms with Crippen molar-refractivity contribution >= 4 is 40.8 Å². The standard InChI is InChI=1S/C24H34Cl2N4O3/c1-33-17-19(4-10-28-12-8-24(6-7-24)9-13-28)30-15-14-29(11-5-22(30)31)23(32)27-18-2-3-20(25)21(26)16-18/h2-3,16,19H,4-15,17H2,1H3,(H,27,32)/t19-/m0/s1. The monoisotopic (exact) mass is 496 g/mol. The molecular formula is C24H34Cl2N4O3. The van der Waals surface area contributed by atoms with Crippen LogP contribution in [-0.2, 0) is 9.53 Å². The van der Waals surface area contributed by atoms with Gasteiger partial charge in [-0.3, -0.25) is 4.79 Å².